The molecule has 28 heavy (non-hydrogen) atoms. The van der Waals surface area contributed by atoms with Gasteiger partial charge in [0.25, 0.3) is 0 Å². The lowest BCUT2D eigenvalue weighted by atomic mass is 10.1. The van der Waals surface area contributed by atoms with Crippen LogP contribution in [-0.4, -0.2) is 13.1 Å². The third-order valence-electron chi connectivity index (χ3n) is 4.37. The van der Waals surface area contributed by atoms with Crippen LogP contribution in [0, 0.1) is 11.3 Å². The SMILES string of the molecule is CCCCN(CCCC)c1cc(C#N)cc(C(F)(F)F)c1Oc1ccccc1. The molecule has 0 heterocycles. The lowest BCUT2D eigenvalue weighted by Crippen LogP contribution is -2.27. The van der Waals surface area contributed by atoms with Crippen molar-refractivity contribution in [3.8, 4) is 17.6 Å². The first kappa shape index (κ1) is 21.6. The number of hydrogen-bond donors (Lipinski definition) is 0. The Labute approximate surface area is 164 Å². The van der Waals surface area contributed by atoms with Gasteiger partial charge in [0, 0.05) is 13.1 Å². The molecule has 2 rings (SSSR count). The van der Waals surface area contributed by atoms with Gasteiger partial charge in [-0.05, 0) is 37.1 Å². The van der Waals surface area contributed by atoms with Crippen LogP contribution in [0.4, 0.5) is 18.9 Å². The topological polar surface area (TPSA) is 36.3 Å². The Bertz CT molecular complexity index is 790. The Morgan fingerprint density at radius 2 is 1.61 bits per heavy atom. The highest BCUT2D eigenvalue weighted by Gasteiger charge is 2.37. The number of anilines is 1. The van der Waals surface area contributed by atoms with Crippen molar-refractivity contribution in [2.45, 2.75) is 45.7 Å². The van der Waals surface area contributed by atoms with Crippen molar-refractivity contribution in [3.05, 3.63) is 53.6 Å². The third-order valence-corrected chi connectivity index (χ3v) is 4.37. The molecule has 0 radical (unpaired) electrons. The summed E-state index contributed by atoms with van der Waals surface area (Å²) in [6.07, 6.45) is -1.12. The van der Waals surface area contributed by atoms with Crippen molar-refractivity contribution >= 4 is 5.69 Å². The lowest BCUT2D eigenvalue weighted by Gasteiger charge is -2.28. The van der Waals surface area contributed by atoms with E-state index >= 15 is 0 Å². The second-order valence-corrected chi connectivity index (χ2v) is 6.59. The van der Waals surface area contributed by atoms with Gasteiger partial charge in [0.15, 0.2) is 5.75 Å². The van der Waals surface area contributed by atoms with Crippen LogP contribution < -0.4 is 9.64 Å². The predicted molar refractivity (Wildman–Crippen MR) is 105 cm³/mol. The Hall–Kier alpha value is -2.68. The fourth-order valence-electron chi connectivity index (χ4n) is 2.89. The molecule has 0 aliphatic rings. The number of nitriles is 1. The maximum Gasteiger partial charge on any atom is 0.420 e. The van der Waals surface area contributed by atoms with Gasteiger partial charge in [0.1, 0.15) is 11.3 Å². The molecule has 3 nitrogen and oxygen atoms in total. The summed E-state index contributed by atoms with van der Waals surface area (Å²) in [6, 6.07) is 12.6. The predicted octanol–water partition coefficient (Wildman–Crippen LogP) is 6.78. The molecule has 150 valence electrons. The number of halogens is 3. The highest BCUT2D eigenvalue weighted by Crippen LogP contribution is 2.45. The fourth-order valence-corrected chi connectivity index (χ4v) is 2.89. The summed E-state index contributed by atoms with van der Waals surface area (Å²) in [7, 11) is 0. The van der Waals surface area contributed by atoms with E-state index in [0.717, 1.165) is 31.7 Å². The van der Waals surface area contributed by atoms with Gasteiger partial charge in [0.2, 0.25) is 0 Å². The molecule has 0 bridgehead atoms. The second kappa shape index (κ2) is 10.0. The van der Waals surface area contributed by atoms with Gasteiger partial charge in [-0.1, -0.05) is 44.9 Å². The Kier molecular flexibility index (Phi) is 7.74. The van der Waals surface area contributed by atoms with E-state index in [1.165, 1.54) is 6.07 Å². The highest BCUT2D eigenvalue weighted by atomic mass is 19.4. The van der Waals surface area contributed by atoms with Crippen LogP contribution in [0.3, 0.4) is 0 Å². The average Bonchev–Trinajstić information content (AvgIpc) is 2.68. The molecule has 0 atom stereocenters. The quantitative estimate of drug-likeness (QED) is 0.474. The van der Waals surface area contributed by atoms with Gasteiger partial charge in [-0.25, -0.2) is 0 Å². The first-order chi connectivity index (χ1) is 13.4. The van der Waals surface area contributed by atoms with E-state index in [1.807, 2.05) is 24.8 Å². The summed E-state index contributed by atoms with van der Waals surface area (Å²) >= 11 is 0. The lowest BCUT2D eigenvalue weighted by molar-refractivity contribution is -0.138. The van der Waals surface area contributed by atoms with E-state index in [9.17, 15) is 18.4 Å². The number of nitrogens with zero attached hydrogens (tertiary/aromatic N) is 2. The zero-order valence-corrected chi connectivity index (χ0v) is 16.2. The first-order valence-electron chi connectivity index (χ1n) is 9.53. The fraction of sp³-hybridized carbons (Fsp3) is 0.409. The number of alkyl halides is 3. The summed E-state index contributed by atoms with van der Waals surface area (Å²) in [5.41, 5.74) is -0.638. The molecule has 0 N–H and O–H groups in total. The molecule has 0 aliphatic carbocycles. The molecule has 0 spiro atoms. The smallest absolute Gasteiger partial charge is 0.420 e. The maximum absolute atomic E-state index is 13.8. The Morgan fingerprint density at radius 3 is 2.11 bits per heavy atom. The largest absolute Gasteiger partial charge is 0.455 e. The van der Waals surface area contributed by atoms with E-state index in [1.54, 1.807) is 30.3 Å². The molecule has 0 amide bonds. The molecule has 0 aliphatic heterocycles. The number of rotatable bonds is 9. The van der Waals surface area contributed by atoms with Crippen molar-refractivity contribution in [2.75, 3.05) is 18.0 Å². The number of hydrogen-bond acceptors (Lipinski definition) is 3. The third kappa shape index (κ3) is 5.66. The van der Waals surface area contributed by atoms with E-state index in [-0.39, 0.29) is 11.3 Å². The van der Waals surface area contributed by atoms with E-state index in [2.05, 4.69) is 0 Å². The van der Waals surface area contributed by atoms with Gasteiger partial charge >= 0.3 is 6.18 Å². The normalized spacial score (nSPS) is 11.1. The Balaban J connectivity index is 2.63. The highest BCUT2D eigenvalue weighted by molar-refractivity contribution is 5.67. The van der Waals surface area contributed by atoms with E-state index in [0.29, 0.717) is 24.5 Å². The summed E-state index contributed by atoms with van der Waals surface area (Å²) in [5, 5.41) is 9.29. The molecular weight excluding hydrogens is 365 g/mol. The number of ether oxygens (including phenoxy) is 1. The Morgan fingerprint density at radius 1 is 1.00 bits per heavy atom. The summed E-state index contributed by atoms with van der Waals surface area (Å²) in [4.78, 5) is 1.90. The van der Waals surface area contributed by atoms with Gasteiger partial charge in [-0.2, -0.15) is 18.4 Å². The second-order valence-electron chi connectivity index (χ2n) is 6.59. The van der Waals surface area contributed by atoms with Crippen LogP contribution >= 0.6 is 0 Å². The van der Waals surface area contributed by atoms with E-state index < -0.39 is 11.7 Å². The van der Waals surface area contributed by atoms with Crippen molar-refractivity contribution < 1.29 is 17.9 Å². The molecule has 0 unspecified atom stereocenters. The van der Waals surface area contributed by atoms with Crippen molar-refractivity contribution in [1.82, 2.24) is 0 Å². The van der Waals surface area contributed by atoms with Crippen LogP contribution in [0.15, 0.2) is 42.5 Å². The van der Waals surface area contributed by atoms with Gasteiger partial charge in [0.05, 0.1) is 17.3 Å². The molecule has 0 saturated carbocycles. The first-order valence-corrected chi connectivity index (χ1v) is 9.53. The number of benzene rings is 2. The van der Waals surface area contributed by atoms with Crippen LogP contribution in [0.2, 0.25) is 0 Å². The molecule has 0 fully saturated rings. The summed E-state index contributed by atoms with van der Waals surface area (Å²) < 4.78 is 47.2. The number of para-hydroxylation sites is 1. The van der Waals surface area contributed by atoms with Gasteiger partial charge in [-0.3, -0.25) is 0 Å². The maximum atomic E-state index is 13.8. The monoisotopic (exact) mass is 390 g/mol. The number of unbranched alkanes of at least 4 members (excludes halogenated alkanes) is 2. The van der Waals surface area contributed by atoms with Gasteiger partial charge in [-0.15, -0.1) is 0 Å². The summed E-state index contributed by atoms with van der Waals surface area (Å²) in [5.74, 6) is 0.0785. The molecule has 0 aromatic heterocycles. The zero-order valence-electron chi connectivity index (χ0n) is 16.2. The van der Waals surface area contributed by atoms with Crippen LogP contribution in [-0.2, 0) is 6.18 Å². The van der Waals surface area contributed by atoms with E-state index in [4.69, 9.17) is 4.74 Å². The van der Waals surface area contributed by atoms with Gasteiger partial charge < -0.3 is 9.64 Å². The van der Waals surface area contributed by atoms with Crippen LogP contribution in [0.5, 0.6) is 11.5 Å². The zero-order chi connectivity index (χ0) is 20.6. The minimum Gasteiger partial charge on any atom is -0.455 e. The standard InChI is InChI=1S/C22H25F3N2O/c1-3-5-12-27(13-6-4-2)20-15-17(16-26)14-19(22(23,24)25)21(20)28-18-10-8-7-9-11-18/h7-11,14-15H,3-6,12-13H2,1-2H3. The molecule has 0 saturated heterocycles. The molecule has 2 aromatic carbocycles. The van der Waals surface area contributed by atoms with Crippen molar-refractivity contribution in [1.29, 1.82) is 5.26 Å². The molecular formula is C22H25F3N2O. The van der Waals surface area contributed by atoms with Crippen LogP contribution in [0.1, 0.15) is 50.7 Å². The minimum absolute atomic E-state index is 0.0271. The minimum atomic E-state index is -4.63. The summed E-state index contributed by atoms with van der Waals surface area (Å²) in [6.45, 7) is 5.28. The van der Waals surface area contributed by atoms with Crippen molar-refractivity contribution in [3.63, 3.8) is 0 Å². The van der Waals surface area contributed by atoms with Crippen molar-refractivity contribution in [2.24, 2.45) is 0 Å². The average molecular weight is 390 g/mol. The molecule has 6 heteroatoms. The van der Waals surface area contributed by atoms with Crippen LogP contribution in [0.25, 0.3) is 0 Å². The molecule has 2 aromatic rings.